The Morgan fingerprint density at radius 3 is 2.64 bits per heavy atom. The van der Waals surface area contributed by atoms with E-state index < -0.39 is 10.0 Å². The number of nitrogens with one attached hydrogen (secondary N) is 2. The molecule has 2 N–H and O–H groups in total. The molecule has 0 unspecified atom stereocenters. The van der Waals surface area contributed by atoms with Gasteiger partial charge in [-0.2, -0.15) is 10.1 Å². The van der Waals surface area contributed by atoms with E-state index >= 15 is 0 Å². The second kappa shape index (κ2) is 8.13. The molecule has 0 aliphatic heterocycles. The lowest BCUT2D eigenvalue weighted by Crippen LogP contribution is -2.23. The standard InChI is InChI=1S/C17H20ClN7O2S/c1-24(2)28(26,27)15-7-5-4-6-12(15)8-19-16-14(18)10-20-17(23-16)22-13-9-21-25(3)11-13/h4-7,9-11H,8H2,1-3H3,(H2,19,20,22,23). The normalized spacial score (nSPS) is 11.6. The largest absolute Gasteiger partial charge is 0.365 e. The van der Waals surface area contributed by atoms with Crippen molar-refractivity contribution in [2.45, 2.75) is 11.4 Å². The number of hydrogen-bond acceptors (Lipinski definition) is 7. The molecule has 3 rings (SSSR count). The maximum absolute atomic E-state index is 12.5. The maximum Gasteiger partial charge on any atom is 0.242 e. The summed E-state index contributed by atoms with van der Waals surface area (Å²) < 4.78 is 27.9. The fourth-order valence-electron chi connectivity index (χ4n) is 2.44. The van der Waals surface area contributed by atoms with Crippen molar-refractivity contribution in [2.24, 2.45) is 7.05 Å². The molecule has 2 heterocycles. The van der Waals surface area contributed by atoms with Crippen LogP contribution in [-0.4, -0.2) is 46.6 Å². The summed E-state index contributed by atoms with van der Waals surface area (Å²) in [6.45, 7) is 0.228. The van der Waals surface area contributed by atoms with Crippen molar-refractivity contribution in [1.29, 1.82) is 0 Å². The van der Waals surface area contributed by atoms with Crippen molar-refractivity contribution in [1.82, 2.24) is 24.1 Å². The Bertz CT molecular complexity index is 1080. The van der Waals surface area contributed by atoms with E-state index in [2.05, 4.69) is 25.7 Å². The first-order chi connectivity index (χ1) is 13.3. The van der Waals surface area contributed by atoms with Gasteiger partial charge in [-0.25, -0.2) is 17.7 Å². The Labute approximate surface area is 168 Å². The van der Waals surface area contributed by atoms with Crippen molar-refractivity contribution in [3.8, 4) is 0 Å². The number of rotatable bonds is 7. The number of nitrogens with zero attached hydrogens (tertiary/aromatic N) is 5. The molecule has 0 aliphatic rings. The summed E-state index contributed by atoms with van der Waals surface area (Å²) >= 11 is 6.19. The number of halogens is 1. The Kier molecular flexibility index (Phi) is 5.82. The van der Waals surface area contributed by atoms with Crippen LogP contribution < -0.4 is 10.6 Å². The Morgan fingerprint density at radius 2 is 1.96 bits per heavy atom. The first kappa shape index (κ1) is 20.1. The molecular formula is C17H20ClN7O2S. The number of anilines is 3. The highest BCUT2D eigenvalue weighted by molar-refractivity contribution is 7.89. The molecular weight excluding hydrogens is 402 g/mol. The van der Waals surface area contributed by atoms with E-state index in [1.54, 1.807) is 48.4 Å². The summed E-state index contributed by atoms with van der Waals surface area (Å²) in [6, 6.07) is 6.78. The van der Waals surface area contributed by atoms with Crippen molar-refractivity contribution in [3.63, 3.8) is 0 Å². The van der Waals surface area contributed by atoms with Gasteiger partial charge in [-0.1, -0.05) is 29.8 Å². The van der Waals surface area contributed by atoms with Crippen LogP contribution in [-0.2, 0) is 23.6 Å². The topological polar surface area (TPSA) is 105 Å². The lowest BCUT2D eigenvalue weighted by atomic mass is 10.2. The highest BCUT2D eigenvalue weighted by Crippen LogP contribution is 2.24. The molecule has 0 saturated carbocycles. The molecule has 148 valence electrons. The summed E-state index contributed by atoms with van der Waals surface area (Å²) in [5.41, 5.74) is 1.34. The van der Waals surface area contributed by atoms with Gasteiger partial charge in [0.1, 0.15) is 5.02 Å². The fourth-order valence-corrected chi connectivity index (χ4v) is 3.72. The average molecular weight is 422 g/mol. The summed E-state index contributed by atoms with van der Waals surface area (Å²) in [7, 11) is 1.24. The van der Waals surface area contributed by atoms with Crippen LogP contribution in [0.4, 0.5) is 17.5 Å². The van der Waals surface area contributed by atoms with Crippen LogP contribution in [0.25, 0.3) is 0 Å². The van der Waals surface area contributed by atoms with Gasteiger partial charge in [0.05, 0.1) is 23.0 Å². The van der Waals surface area contributed by atoms with Crippen LogP contribution in [0.15, 0.2) is 47.8 Å². The summed E-state index contributed by atoms with van der Waals surface area (Å²) in [5.74, 6) is 0.731. The van der Waals surface area contributed by atoms with Crippen LogP contribution in [0.5, 0.6) is 0 Å². The van der Waals surface area contributed by atoms with Gasteiger partial charge in [0.25, 0.3) is 0 Å². The van der Waals surface area contributed by atoms with Crippen molar-refractivity contribution in [3.05, 3.63) is 53.4 Å². The first-order valence-electron chi connectivity index (χ1n) is 8.30. The number of aromatic nitrogens is 4. The third-order valence-electron chi connectivity index (χ3n) is 3.88. The molecule has 0 fully saturated rings. The summed E-state index contributed by atoms with van der Waals surface area (Å²) in [6.07, 6.45) is 4.90. The second-order valence-corrected chi connectivity index (χ2v) is 8.69. The monoisotopic (exact) mass is 421 g/mol. The van der Waals surface area contributed by atoms with Gasteiger partial charge in [0.15, 0.2) is 5.82 Å². The predicted molar refractivity (Wildman–Crippen MR) is 108 cm³/mol. The smallest absolute Gasteiger partial charge is 0.242 e. The quantitative estimate of drug-likeness (QED) is 0.603. The molecule has 0 amide bonds. The second-order valence-electron chi connectivity index (χ2n) is 6.17. The zero-order valence-electron chi connectivity index (χ0n) is 15.6. The highest BCUT2D eigenvalue weighted by Gasteiger charge is 2.20. The summed E-state index contributed by atoms with van der Waals surface area (Å²) in [5, 5.41) is 10.5. The SMILES string of the molecule is CN(C)S(=O)(=O)c1ccccc1CNc1nc(Nc2cnn(C)c2)ncc1Cl. The van der Waals surface area contributed by atoms with Gasteiger partial charge in [0.2, 0.25) is 16.0 Å². The zero-order chi connectivity index (χ0) is 20.3. The Morgan fingerprint density at radius 1 is 1.21 bits per heavy atom. The third-order valence-corrected chi connectivity index (χ3v) is 6.07. The Hall–Kier alpha value is -2.69. The van der Waals surface area contributed by atoms with E-state index in [1.165, 1.54) is 24.6 Å². The van der Waals surface area contributed by atoms with Crippen LogP contribution in [0.1, 0.15) is 5.56 Å². The van der Waals surface area contributed by atoms with E-state index in [-0.39, 0.29) is 11.4 Å². The number of benzene rings is 1. The number of sulfonamides is 1. The van der Waals surface area contributed by atoms with E-state index in [0.717, 1.165) is 5.69 Å². The van der Waals surface area contributed by atoms with Crippen LogP contribution in [0.3, 0.4) is 0 Å². The lowest BCUT2D eigenvalue weighted by molar-refractivity contribution is 0.520. The molecule has 28 heavy (non-hydrogen) atoms. The Balaban J connectivity index is 1.81. The number of hydrogen-bond donors (Lipinski definition) is 2. The van der Waals surface area contributed by atoms with Crippen LogP contribution >= 0.6 is 11.6 Å². The van der Waals surface area contributed by atoms with E-state index in [9.17, 15) is 8.42 Å². The molecule has 2 aromatic heterocycles. The van der Waals surface area contributed by atoms with E-state index in [0.29, 0.717) is 22.4 Å². The van der Waals surface area contributed by atoms with Gasteiger partial charge < -0.3 is 10.6 Å². The molecule has 9 nitrogen and oxygen atoms in total. The summed E-state index contributed by atoms with van der Waals surface area (Å²) in [4.78, 5) is 8.73. The molecule has 0 bridgehead atoms. The van der Waals surface area contributed by atoms with Gasteiger partial charge in [-0.3, -0.25) is 4.68 Å². The lowest BCUT2D eigenvalue weighted by Gasteiger charge is -2.16. The van der Waals surface area contributed by atoms with Crippen LogP contribution in [0, 0.1) is 0 Å². The average Bonchev–Trinajstić information content (AvgIpc) is 3.07. The molecule has 0 aliphatic carbocycles. The molecule has 0 spiro atoms. The minimum Gasteiger partial charge on any atom is -0.365 e. The van der Waals surface area contributed by atoms with Crippen molar-refractivity contribution < 1.29 is 8.42 Å². The first-order valence-corrected chi connectivity index (χ1v) is 10.1. The van der Waals surface area contributed by atoms with Gasteiger partial charge in [-0.05, 0) is 11.6 Å². The van der Waals surface area contributed by atoms with Crippen LogP contribution in [0.2, 0.25) is 5.02 Å². The molecule has 0 atom stereocenters. The highest BCUT2D eigenvalue weighted by atomic mass is 35.5. The van der Waals surface area contributed by atoms with Gasteiger partial charge in [0, 0.05) is 33.9 Å². The molecule has 3 aromatic rings. The zero-order valence-corrected chi connectivity index (χ0v) is 17.2. The minimum absolute atomic E-state index is 0.228. The maximum atomic E-state index is 12.5. The predicted octanol–water partition coefficient (Wildman–Crippen LogP) is 2.47. The van der Waals surface area contributed by atoms with Gasteiger partial charge >= 0.3 is 0 Å². The molecule has 0 saturated heterocycles. The van der Waals surface area contributed by atoms with E-state index in [1.807, 2.05) is 0 Å². The molecule has 1 aromatic carbocycles. The molecule has 11 heteroatoms. The van der Waals surface area contributed by atoms with Crippen molar-refractivity contribution >= 4 is 39.1 Å². The third kappa shape index (κ3) is 4.41. The number of aryl methyl sites for hydroxylation is 1. The fraction of sp³-hybridized carbons (Fsp3) is 0.235. The van der Waals surface area contributed by atoms with E-state index in [4.69, 9.17) is 11.6 Å². The van der Waals surface area contributed by atoms with Gasteiger partial charge in [-0.15, -0.1) is 0 Å². The molecule has 0 radical (unpaired) electrons. The van der Waals surface area contributed by atoms with Crippen molar-refractivity contribution in [2.75, 3.05) is 24.7 Å². The minimum atomic E-state index is -3.56.